The predicted octanol–water partition coefficient (Wildman–Crippen LogP) is 1.41. The van der Waals surface area contributed by atoms with Gasteiger partial charge in [-0.25, -0.2) is 4.98 Å². The first-order valence-electron chi connectivity index (χ1n) is 3.10. The Balaban J connectivity index is 2.95. The maximum atomic E-state index is 5.53. The van der Waals surface area contributed by atoms with Crippen LogP contribution in [0.3, 0.4) is 0 Å². The summed E-state index contributed by atoms with van der Waals surface area (Å²) in [6, 6.07) is 3.66. The highest BCUT2D eigenvalue weighted by atomic mass is 79.9. The van der Waals surface area contributed by atoms with Crippen LogP contribution in [0.5, 0.6) is 0 Å². The van der Waals surface area contributed by atoms with Crippen LogP contribution in [0.2, 0.25) is 0 Å². The van der Waals surface area contributed by atoms with Crippen LogP contribution < -0.4 is 5.73 Å². The summed E-state index contributed by atoms with van der Waals surface area (Å²) < 4.78 is 0. The van der Waals surface area contributed by atoms with Gasteiger partial charge in [-0.05, 0) is 12.1 Å². The standard InChI is InChI=1S/C8H7BrN2/c9-5-1-3-7-4-2-6-11-8(7)10/h2,4,6H,5H2,(H2,10,11). The lowest BCUT2D eigenvalue weighted by Crippen LogP contribution is -1.92. The van der Waals surface area contributed by atoms with E-state index < -0.39 is 0 Å². The molecular formula is C8H7BrN2. The summed E-state index contributed by atoms with van der Waals surface area (Å²) >= 11 is 3.20. The van der Waals surface area contributed by atoms with E-state index in [9.17, 15) is 0 Å². The Labute approximate surface area is 74.0 Å². The molecule has 0 aromatic carbocycles. The number of rotatable bonds is 0. The minimum atomic E-state index is 0.487. The van der Waals surface area contributed by atoms with Crippen LogP contribution in [-0.2, 0) is 0 Å². The fourth-order valence-electron chi connectivity index (χ4n) is 0.652. The summed E-state index contributed by atoms with van der Waals surface area (Å²) in [6.45, 7) is 0. The lowest BCUT2D eigenvalue weighted by molar-refractivity contribution is 1.32. The second-order valence-electron chi connectivity index (χ2n) is 1.87. The van der Waals surface area contributed by atoms with Crippen molar-refractivity contribution in [1.82, 2.24) is 4.98 Å². The van der Waals surface area contributed by atoms with E-state index in [0.717, 1.165) is 5.56 Å². The average molecular weight is 211 g/mol. The lowest BCUT2D eigenvalue weighted by atomic mass is 10.2. The van der Waals surface area contributed by atoms with E-state index in [1.165, 1.54) is 0 Å². The molecule has 0 aliphatic carbocycles. The van der Waals surface area contributed by atoms with Crippen LogP contribution in [0.4, 0.5) is 5.82 Å². The Kier molecular flexibility index (Phi) is 2.94. The maximum Gasteiger partial charge on any atom is 0.139 e. The van der Waals surface area contributed by atoms with Gasteiger partial charge in [0.25, 0.3) is 0 Å². The van der Waals surface area contributed by atoms with Crippen molar-refractivity contribution in [1.29, 1.82) is 0 Å². The molecule has 0 aliphatic heterocycles. The van der Waals surface area contributed by atoms with Crippen LogP contribution in [0, 0.1) is 11.8 Å². The lowest BCUT2D eigenvalue weighted by Gasteiger charge is -1.92. The van der Waals surface area contributed by atoms with Crippen molar-refractivity contribution in [3.05, 3.63) is 23.9 Å². The van der Waals surface area contributed by atoms with Crippen LogP contribution in [0.1, 0.15) is 5.56 Å². The first kappa shape index (κ1) is 8.09. The molecule has 0 spiro atoms. The van der Waals surface area contributed by atoms with Gasteiger partial charge in [0.1, 0.15) is 5.82 Å². The second-order valence-corrected chi connectivity index (χ2v) is 2.43. The number of aromatic nitrogens is 1. The zero-order valence-electron chi connectivity index (χ0n) is 5.84. The van der Waals surface area contributed by atoms with Crippen molar-refractivity contribution in [2.45, 2.75) is 0 Å². The van der Waals surface area contributed by atoms with Gasteiger partial charge in [-0.2, -0.15) is 0 Å². The van der Waals surface area contributed by atoms with Crippen molar-refractivity contribution < 1.29 is 0 Å². The number of hydrogen-bond donors (Lipinski definition) is 1. The normalized spacial score (nSPS) is 8.45. The summed E-state index contributed by atoms with van der Waals surface area (Å²) in [5.41, 5.74) is 6.32. The SMILES string of the molecule is Nc1ncccc1C#CCBr. The molecule has 0 bridgehead atoms. The number of nitrogens with two attached hydrogens (primary N) is 1. The number of halogens is 1. The molecule has 1 aromatic rings. The van der Waals surface area contributed by atoms with Gasteiger partial charge in [0.05, 0.1) is 10.9 Å². The molecule has 0 unspecified atom stereocenters. The third-order valence-electron chi connectivity index (χ3n) is 1.13. The third-order valence-corrected chi connectivity index (χ3v) is 1.41. The molecule has 0 fully saturated rings. The minimum Gasteiger partial charge on any atom is -0.383 e. The number of anilines is 1. The molecule has 3 heteroatoms. The van der Waals surface area contributed by atoms with Crippen LogP contribution >= 0.6 is 15.9 Å². The van der Waals surface area contributed by atoms with Gasteiger partial charge in [0, 0.05) is 6.20 Å². The Hall–Kier alpha value is -1.01. The van der Waals surface area contributed by atoms with E-state index >= 15 is 0 Å². The molecule has 2 N–H and O–H groups in total. The summed E-state index contributed by atoms with van der Waals surface area (Å²) in [4.78, 5) is 3.89. The molecule has 0 amide bonds. The monoisotopic (exact) mass is 210 g/mol. The Morgan fingerprint density at radius 1 is 1.64 bits per heavy atom. The van der Waals surface area contributed by atoms with Crippen molar-refractivity contribution >= 4 is 21.7 Å². The molecule has 0 aliphatic rings. The van der Waals surface area contributed by atoms with Crippen molar-refractivity contribution in [2.24, 2.45) is 0 Å². The van der Waals surface area contributed by atoms with Gasteiger partial charge in [0.2, 0.25) is 0 Å². The average Bonchev–Trinajstić information content (AvgIpc) is 2.03. The van der Waals surface area contributed by atoms with Gasteiger partial charge < -0.3 is 5.73 Å². The van der Waals surface area contributed by atoms with Crippen LogP contribution in [0.25, 0.3) is 0 Å². The first-order chi connectivity index (χ1) is 5.34. The summed E-state index contributed by atoms with van der Waals surface area (Å²) in [6.07, 6.45) is 1.65. The van der Waals surface area contributed by atoms with E-state index in [4.69, 9.17) is 5.73 Å². The Morgan fingerprint density at radius 3 is 3.09 bits per heavy atom. The molecule has 0 saturated heterocycles. The molecule has 0 saturated carbocycles. The van der Waals surface area contributed by atoms with Gasteiger partial charge in [0.15, 0.2) is 0 Å². The van der Waals surface area contributed by atoms with Gasteiger partial charge in [-0.15, -0.1) is 0 Å². The molecule has 0 radical (unpaired) electrons. The quantitative estimate of drug-likeness (QED) is 0.520. The number of pyridine rings is 1. The van der Waals surface area contributed by atoms with Gasteiger partial charge in [-0.3, -0.25) is 0 Å². The van der Waals surface area contributed by atoms with E-state index in [1.54, 1.807) is 6.20 Å². The second kappa shape index (κ2) is 3.99. The summed E-state index contributed by atoms with van der Waals surface area (Å²) in [7, 11) is 0. The molecule has 0 atom stereocenters. The van der Waals surface area contributed by atoms with E-state index in [0.29, 0.717) is 11.1 Å². The molecule has 2 nitrogen and oxygen atoms in total. The number of nitrogen functional groups attached to an aromatic ring is 1. The molecule has 56 valence electrons. The highest BCUT2D eigenvalue weighted by molar-refractivity contribution is 9.09. The Morgan fingerprint density at radius 2 is 2.45 bits per heavy atom. The van der Waals surface area contributed by atoms with E-state index in [-0.39, 0.29) is 0 Å². The number of alkyl halides is 1. The molecule has 1 aromatic heterocycles. The maximum absolute atomic E-state index is 5.53. The highest BCUT2D eigenvalue weighted by Crippen LogP contribution is 2.03. The zero-order valence-corrected chi connectivity index (χ0v) is 7.43. The van der Waals surface area contributed by atoms with Gasteiger partial charge >= 0.3 is 0 Å². The van der Waals surface area contributed by atoms with E-state index in [1.807, 2.05) is 12.1 Å². The smallest absolute Gasteiger partial charge is 0.139 e. The topological polar surface area (TPSA) is 38.9 Å². The fourth-order valence-corrected chi connectivity index (χ4v) is 0.792. The molecule has 1 rings (SSSR count). The summed E-state index contributed by atoms with van der Waals surface area (Å²) in [5.74, 6) is 6.22. The van der Waals surface area contributed by atoms with Crippen molar-refractivity contribution in [3.8, 4) is 11.8 Å². The number of hydrogen-bond acceptors (Lipinski definition) is 2. The number of nitrogens with zero attached hydrogens (tertiary/aromatic N) is 1. The molecular weight excluding hydrogens is 204 g/mol. The molecule has 11 heavy (non-hydrogen) atoms. The first-order valence-corrected chi connectivity index (χ1v) is 4.22. The van der Waals surface area contributed by atoms with Crippen LogP contribution in [0.15, 0.2) is 18.3 Å². The van der Waals surface area contributed by atoms with Crippen LogP contribution in [-0.4, -0.2) is 10.3 Å². The van der Waals surface area contributed by atoms with E-state index in [2.05, 4.69) is 32.8 Å². The van der Waals surface area contributed by atoms with Crippen molar-refractivity contribution in [3.63, 3.8) is 0 Å². The van der Waals surface area contributed by atoms with Crippen molar-refractivity contribution in [2.75, 3.05) is 11.1 Å². The fraction of sp³-hybridized carbons (Fsp3) is 0.125. The third kappa shape index (κ3) is 2.24. The predicted molar refractivity (Wildman–Crippen MR) is 49.3 cm³/mol. The zero-order chi connectivity index (χ0) is 8.10. The minimum absolute atomic E-state index is 0.487. The highest BCUT2D eigenvalue weighted by Gasteiger charge is 1.91. The Bertz CT molecular complexity index is 298. The molecule has 1 heterocycles. The van der Waals surface area contributed by atoms with Gasteiger partial charge in [-0.1, -0.05) is 27.8 Å². The largest absolute Gasteiger partial charge is 0.383 e. The summed E-state index contributed by atoms with van der Waals surface area (Å²) in [5, 5.41) is 0.654.